The van der Waals surface area contributed by atoms with Gasteiger partial charge in [0.2, 0.25) is 0 Å². The number of nitrogens with one attached hydrogen (secondary N) is 1. The summed E-state index contributed by atoms with van der Waals surface area (Å²) in [6.45, 7) is 11.4. The number of likely N-dealkylation sites (N-methyl/N-ethyl adjacent to an activating group) is 1. The number of furan rings is 1. The molecule has 1 atom stereocenters. The van der Waals surface area contributed by atoms with Crippen molar-refractivity contribution in [1.29, 1.82) is 0 Å². The summed E-state index contributed by atoms with van der Waals surface area (Å²) in [5, 5.41) is 7.73. The second kappa shape index (κ2) is 6.43. The molecule has 0 saturated carbocycles. The molecule has 0 spiro atoms. The Morgan fingerprint density at radius 2 is 1.95 bits per heavy atom. The summed E-state index contributed by atoms with van der Waals surface area (Å²) >= 11 is 0. The number of aromatic nitrogens is 3. The zero-order valence-corrected chi connectivity index (χ0v) is 13.9. The van der Waals surface area contributed by atoms with Gasteiger partial charge in [0.1, 0.15) is 23.7 Å². The maximum absolute atomic E-state index is 5.76. The van der Waals surface area contributed by atoms with E-state index >= 15 is 0 Å². The van der Waals surface area contributed by atoms with E-state index in [4.69, 9.17) is 4.42 Å². The first-order valence-corrected chi connectivity index (χ1v) is 7.54. The topological polar surface area (TPSA) is 55.9 Å². The van der Waals surface area contributed by atoms with E-state index in [-0.39, 0.29) is 6.04 Å². The Morgan fingerprint density at radius 1 is 1.24 bits per heavy atom. The van der Waals surface area contributed by atoms with E-state index in [1.165, 1.54) is 11.1 Å². The Bertz CT molecular complexity index is 597. The standard InChI is InChI=1S/C16H26N4O/c1-10(2)8-20-15(18-9-19-20)7-14(17-6)16-11(3)12(4)21-13(16)5/h9-10,14,17H,7-8H2,1-6H3. The van der Waals surface area contributed by atoms with Gasteiger partial charge in [-0.15, -0.1) is 0 Å². The quantitative estimate of drug-likeness (QED) is 0.888. The molecule has 0 bridgehead atoms. The molecule has 2 aromatic heterocycles. The molecular weight excluding hydrogens is 264 g/mol. The van der Waals surface area contributed by atoms with Crippen LogP contribution in [0.2, 0.25) is 0 Å². The van der Waals surface area contributed by atoms with Gasteiger partial charge >= 0.3 is 0 Å². The molecule has 0 radical (unpaired) electrons. The molecule has 2 aromatic rings. The summed E-state index contributed by atoms with van der Waals surface area (Å²) in [4.78, 5) is 4.43. The van der Waals surface area contributed by atoms with Crippen molar-refractivity contribution in [2.24, 2.45) is 5.92 Å². The van der Waals surface area contributed by atoms with Gasteiger partial charge in [-0.25, -0.2) is 9.67 Å². The third kappa shape index (κ3) is 3.35. The van der Waals surface area contributed by atoms with E-state index in [2.05, 4.69) is 36.2 Å². The molecule has 5 nitrogen and oxygen atoms in total. The lowest BCUT2D eigenvalue weighted by Crippen LogP contribution is -2.22. The highest BCUT2D eigenvalue weighted by Gasteiger charge is 2.22. The average molecular weight is 290 g/mol. The lowest BCUT2D eigenvalue weighted by molar-refractivity contribution is 0.447. The predicted octanol–water partition coefficient (Wildman–Crippen LogP) is 2.96. The molecule has 21 heavy (non-hydrogen) atoms. The van der Waals surface area contributed by atoms with Crippen molar-refractivity contribution in [3.63, 3.8) is 0 Å². The Morgan fingerprint density at radius 3 is 2.48 bits per heavy atom. The van der Waals surface area contributed by atoms with Gasteiger partial charge in [0, 0.05) is 24.6 Å². The molecule has 2 rings (SSSR count). The van der Waals surface area contributed by atoms with Crippen LogP contribution in [0.15, 0.2) is 10.7 Å². The highest BCUT2D eigenvalue weighted by molar-refractivity contribution is 5.34. The third-order valence-corrected chi connectivity index (χ3v) is 3.94. The van der Waals surface area contributed by atoms with Crippen molar-refractivity contribution in [2.45, 2.75) is 53.6 Å². The first kappa shape index (κ1) is 15.8. The lowest BCUT2D eigenvalue weighted by Gasteiger charge is -2.17. The molecule has 0 aromatic carbocycles. The van der Waals surface area contributed by atoms with Crippen LogP contribution in [0.5, 0.6) is 0 Å². The highest BCUT2D eigenvalue weighted by atomic mass is 16.3. The summed E-state index contributed by atoms with van der Waals surface area (Å²) < 4.78 is 7.77. The SMILES string of the molecule is CNC(Cc1ncnn1CC(C)C)c1c(C)oc(C)c1C. The molecule has 116 valence electrons. The van der Waals surface area contributed by atoms with Crippen molar-refractivity contribution in [2.75, 3.05) is 7.05 Å². The summed E-state index contributed by atoms with van der Waals surface area (Å²) in [5.74, 6) is 3.55. The molecule has 0 aliphatic carbocycles. The van der Waals surface area contributed by atoms with Crippen LogP contribution >= 0.6 is 0 Å². The van der Waals surface area contributed by atoms with E-state index in [0.29, 0.717) is 5.92 Å². The van der Waals surface area contributed by atoms with Gasteiger partial charge < -0.3 is 9.73 Å². The van der Waals surface area contributed by atoms with E-state index < -0.39 is 0 Å². The lowest BCUT2D eigenvalue weighted by atomic mass is 9.99. The predicted molar refractivity (Wildman–Crippen MR) is 83.3 cm³/mol. The second-order valence-electron chi connectivity index (χ2n) is 6.05. The Hall–Kier alpha value is -1.62. The summed E-state index contributed by atoms with van der Waals surface area (Å²) in [6, 6.07) is 0.192. The first-order valence-electron chi connectivity index (χ1n) is 7.54. The smallest absolute Gasteiger partial charge is 0.138 e. The molecule has 1 N–H and O–H groups in total. The normalized spacial score (nSPS) is 13.1. The average Bonchev–Trinajstić information content (AvgIpc) is 2.93. The van der Waals surface area contributed by atoms with E-state index in [1.807, 2.05) is 25.6 Å². The van der Waals surface area contributed by atoms with Crippen LogP contribution in [0.3, 0.4) is 0 Å². The van der Waals surface area contributed by atoms with Gasteiger partial charge in [-0.2, -0.15) is 5.10 Å². The van der Waals surface area contributed by atoms with Crippen LogP contribution in [0.4, 0.5) is 0 Å². The Labute approximate surface area is 126 Å². The molecule has 0 aliphatic rings. The van der Waals surface area contributed by atoms with Crippen molar-refractivity contribution >= 4 is 0 Å². The molecule has 0 amide bonds. The molecule has 5 heteroatoms. The highest BCUT2D eigenvalue weighted by Crippen LogP contribution is 2.28. The second-order valence-corrected chi connectivity index (χ2v) is 6.05. The molecule has 0 saturated heterocycles. The van der Waals surface area contributed by atoms with E-state index in [9.17, 15) is 0 Å². The van der Waals surface area contributed by atoms with Gasteiger partial charge in [-0.05, 0) is 39.3 Å². The van der Waals surface area contributed by atoms with Gasteiger partial charge in [0.05, 0.1) is 0 Å². The minimum absolute atomic E-state index is 0.192. The van der Waals surface area contributed by atoms with Crippen molar-refractivity contribution in [3.8, 4) is 0 Å². The van der Waals surface area contributed by atoms with Crippen molar-refractivity contribution < 1.29 is 4.42 Å². The van der Waals surface area contributed by atoms with Crippen LogP contribution in [0.1, 0.15) is 48.4 Å². The number of rotatable bonds is 6. The minimum Gasteiger partial charge on any atom is -0.466 e. The molecule has 0 aliphatic heterocycles. The fraction of sp³-hybridized carbons (Fsp3) is 0.625. The summed E-state index contributed by atoms with van der Waals surface area (Å²) in [7, 11) is 1.98. The third-order valence-electron chi connectivity index (χ3n) is 3.94. The minimum atomic E-state index is 0.192. The van der Waals surface area contributed by atoms with E-state index in [1.54, 1.807) is 6.33 Å². The number of aryl methyl sites for hydroxylation is 2. The number of nitrogens with zero attached hydrogens (tertiary/aromatic N) is 3. The van der Waals surface area contributed by atoms with Crippen LogP contribution in [0, 0.1) is 26.7 Å². The largest absolute Gasteiger partial charge is 0.466 e. The molecule has 1 unspecified atom stereocenters. The van der Waals surface area contributed by atoms with Crippen molar-refractivity contribution in [3.05, 3.63) is 34.8 Å². The van der Waals surface area contributed by atoms with E-state index in [0.717, 1.165) is 30.3 Å². The van der Waals surface area contributed by atoms with Gasteiger partial charge in [-0.1, -0.05) is 13.8 Å². The van der Waals surface area contributed by atoms with Gasteiger partial charge in [-0.3, -0.25) is 0 Å². The van der Waals surface area contributed by atoms with Gasteiger partial charge in [0.25, 0.3) is 0 Å². The molecular formula is C16H26N4O. The van der Waals surface area contributed by atoms with Crippen LogP contribution in [0.25, 0.3) is 0 Å². The van der Waals surface area contributed by atoms with Crippen LogP contribution < -0.4 is 5.32 Å². The first-order chi connectivity index (χ1) is 9.93. The number of hydrogen-bond donors (Lipinski definition) is 1. The van der Waals surface area contributed by atoms with Crippen molar-refractivity contribution in [1.82, 2.24) is 20.1 Å². The van der Waals surface area contributed by atoms with Crippen LogP contribution in [-0.4, -0.2) is 21.8 Å². The summed E-state index contributed by atoms with van der Waals surface area (Å²) in [6.07, 6.45) is 2.45. The Balaban J connectivity index is 2.26. The maximum Gasteiger partial charge on any atom is 0.138 e. The monoisotopic (exact) mass is 290 g/mol. The fourth-order valence-electron chi connectivity index (χ4n) is 2.80. The molecule has 0 fully saturated rings. The van der Waals surface area contributed by atoms with Crippen LogP contribution in [-0.2, 0) is 13.0 Å². The molecule has 2 heterocycles. The maximum atomic E-state index is 5.76. The van der Waals surface area contributed by atoms with Gasteiger partial charge in [0.15, 0.2) is 0 Å². The Kier molecular flexibility index (Phi) is 4.83. The summed E-state index contributed by atoms with van der Waals surface area (Å²) in [5.41, 5.74) is 2.47. The zero-order valence-electron chi connectivity index (χ0n) is 13.9. The zero-order chi connectivity index (χ0) is 15.6. The fourth-order valence-corrected chi connectivity index (χ4v) is 2.80. The number of hydrogen-bond acceptors (Lipinski definition) is 4.